The summed E-state index contributed by atoms with van der Waals surface area (Å²) in [5, 5.41) is 0. The van der Waals surface area contributed by atoms with Crippen molar-refractivity contribution in [3.63, 3.8) is 0 Å². The van der Waals surface area contributed by atoms with Crippen LogP contribution in [0.2, 0.25) is 0 Å². The van der Waals surface area contributed by atoms with Crippen LogP contribution < -0.4 is 14.2 Å². The van der Waals surface area contributed by atoms with Gasteiger partial charge in [0, 0.05) is 25.2 Å². The van der Waals surface area contributed by atoms with Gasteiger partial charge in [0.2, 0.25) is 10.0 Å². The van der Waals surface area contributed by atoms with Crippen LogP contribution in [-0.4, -0.2) is 46.0 Å². The van der Waals surface area contributed by atoms with Crippen LogP contribution in [0.4, 0.5) is 0 Å². The second kappa shape index (κ2) is 8.84. The van der Waals surface area contributed by atoms with Crippen molar-refractivity contribution in [1.29, 1.82) is 0 Å². The van der Waals surface area contributed by atoms with Crippen molar-refractivity contribution in [2.45, 2.75) is 37.2 Å². The fourth-order valence-corrected chi connectivity index (χ4v) is 4.43. The maximum atomic E-state index is 12.9. The van der Waals surface area contributed by atoms with Gasteiger partial charge in [0.25, 0.3) is 5.91 Å². The molecule has 0 heterocycles. The van der Waals surface area contributed by atoms with Crippen molar-refractivity contribution in [1.82, 2.24) is 9.62 Å². The first kappa shape index (κ1) is 21.1. The Kier molecular flexibility index (Phi) is 6.44. The van der Waals surface area contributed by atoms with Crippen LogP contribution in [0.5, 0.6) is 11.5 Å². The summed E-state index contributed by atoms with van der Waals surface area (Å²) in [6, 6.07) is 12.0. The molecule has 1 fully saturated rings. The van der Waals surface area contributed by atoms with E-state index < -0.39 is 10.0 Å². The number of rotatable bonds is 9. The molecule has 0 radical (unpaired) electrons. The Balaban J connectivity index is 1.78. The zero-order valence-electron chi connectivity index (χ0n) is 16.8. The number of benzene rings is 2. The highest BCUT2D eigenvalue weighted by molar-refractivity contribution is 7.89. The number of carbonyl (C=O) groups excluding carboxylic acids is 1. The third-order valence-corrected chi connectivity index (χ3v) is 6.14. The summed E-state index contributed by atoms with van der Waals surface area (Å²) in [4.78, 5) is 14.4. The van der Waals surface area contributed by atoms with Crippen molar-refractivity contribution in [2.24, 2.45) is 0 Å². The summed E-state index contributed by atoms with van der Waals surface area (Å²) in [5.41, 5.74) is 1.23. The molecule has 1 aliphatic carbocycles. The summed E-state index contributed by atoms with van der Waals surface area (Å²) < 4.78 is 38.6. The molecule has 0 bridgehead atoms. The van der Waals surface area contributed by atoms with E-state index in [1.54, 1.807) is 18.0 Å². The van der Waals surface area contributed by atoms with Crippen LogP contribution in [0.3, 0.4) is 0 Å². The van der Waals surface area contributed by atoms with Gasteiger partial charge in [-0.2, -0.15) is 0 Å². The third kappa shape index (κ3) is 5.27. The minimum absolute atomic E-state index is 0.0211. The predicted molar refractivity (Wildman–Crippen MR) is 110 cm³/mol. The van der Waals surface area contributed by atoms with E-state index in [9.17, 15) is 13.2 Å². The lowest BCUT2D eigenvalue weighted by atomic mass is 10.1. The van der Waals surface area contributed by atoms with Crippen molar-refractivity contribution in [3.05, 3.63) is 53.6 Å². The van der Waals surface area contributed by atoms with Gasteiger partial charge in [-0.15, -0.1) is 0 Å². The number of amides is 1. The van der Waals surface area contributed by atoms with Gasteiger partial charge in [-0.1, -0.05) is 12.1 Å². The Bertz CT molecular complexity index is 969. The molecule has 156 valence electrons. The number of nitrogens with zero attached hydrogens (tertiary/aromatic N) is 1. The Morgan fingerprint density at radius 1 is 1.17 bits per heavy atom. The summed E-state index contributed by atoms with van der Waals surface area (Å²) >= 11 is 0. The smallest absolute Gasteiger partial charge is 0.253 e. The average Bonchev–Trinajstić information content (AvgIpc) is 3.52. The Morgan fingerprint density at radius 3 is 2.45 bits per heavy atom. The van der Waals surface area contributed by atoms with E-state index >= 15 is 0 Å². The SMILES string of the molecule is CCOc1ccc(CN(C)C(=O)c2ccc(OC)c(S(=O)(=O)NC3CC3)c2)cc1. The second-order valence-electron chi connectivity index (χ2n) is 7.00. The van der Waals surface area contributed by atoms with Crippen LogP contribution in [-0.2, 0) is 16.6 Å². The Hall–Kier alpha value is -2.58. The molecular formula is C21H26N2O5S. The molecule has 1 aliphatic rings. The van der Waals surface area contributed by atoms with Crippen LogP contribution in [0.1, 0.15) is 35.7 Å². The van der Waals surface area contributed by atoms with Crippen molar-refractivity contribution in [3.8, 4) is 11.5 Å². The molecule has 0 atom stereocenters. The highest BCUT2D eigenvalue weighted by Crippen LogP contribution is 2.28. The van der Waals surface area contributed by atoms with Gasteiger partial charge >= 0.3 is 0 Å². The number of ether oxygens (including phenoxy) is 2. The van der Waals surface area contributed by atoms with Crippen molar-refractivity contribution < 1.29 is 22.7 Å². The van der Waals surface area contributed by atoms with Gasteiger partial charge in [0.15, 0.2) is 0 Å². The lowest BCUT2D eigenvalue weighted by molar-refractivity contribution is 0.0785. The van der Waals surface area contributed by atoms with Crippen molar-refractivity contribution >= 4 is 15.9 Å². The molecule has 7 nitrogen and oxygen atoms in total. The van der Waals surface area contributed by atoms with Gasteiger partial charge in [0.05, 0.1) is 13.7 Å². The first-order valence-electron chi connectivity index (χ1n) is 9.51. The van der Waals surface area contributed by atoms with Crippen LogP contribution in [0.25, 0.3) is 0 Å². The van der Waals surface area contributed by atoms with Crippen LogP contribution >= 0.6 is 0 Å². The summed E-state index contributed by atoms with van der Waals surface area (Å²) in [6.45, 7) is 2.90. The standard InChI is InChI=1S/C21H26N2O5S/c1-4-28-18-10-5-15(6-11-18)14-23(2)21(24)16-7-12-19(27-3)20(13-16)29(25,26)22-17-8-9-17/h5-7,10-13,17,22H,4,8-9,14H2,1-3H3. The lowest BCUT2D eigenvalue weighted by Crippen LogP contribution is -2.28. The monoisotopic (exact) mass is 418 g/mol. The molecule has 0 aromatic heterocycles. The maximum absolute atomic E-state index is 12.9. The Morgan fingerprint density at radius 2 is 1.86 bits per heavy atom. The molecule has 3 rings (SSSR count). The summed E-state index contributed by atoms with van der Waals surface area (Å²) in [6.07, 6.45) is 1.65. The fourth-order valence-electron chi connectivity index (χ4n) is 2.93. The highest BCUT2D eigenvalue weighted by Gasteiger charge is 2.30. The zero-order valence-corrected chi connectivity index (χ0v) is 17.7. The van der Waals surface area contributed by atoms with Gasteiger partial charge in [-0.25, -0.2) is 13.1 Å². The molecule has 1 N–H and O–H groups in total. The normalized spacial score (nSPS) is 13.8. The molecular weight excluding hydrogens is 392 g/mol. The van der Waals surface area contributed by atoms with Crippen LogP contribution in [0.15, 0.2) is 47.4 Å². The number of hydrogen-bond donors (Lipinski definition) is 1. The van der Waals surface area contributed by atoms with Gasteiger partial charge in [-0.3, -0.25) is 4.79 Å². The molecule has 0 aliphatic heterocycles. The molecule has 2 aromatic rings. The molecule has 8 heteroatoms. The van der Waals surface area contributed by atoms with E-state index in [2.05, 4.69) is 4.72 Å². The largest absolute Gasteiger partial charge is 0.495 e. The summed E-state index contributed by atoms with van der Waals surface area (Å²) in [7, 11) is -0.662. The van der Waals surface area contributed by atoms with E-state index in [1.165, 1.54) is 19.2 Å². The minimum atomic E-state index is -3.75. The van der Waals surface area contributed by atoms with Crippen molar-refractivity contribution in [2.75, 3.05) is 20.8 Å². The molecule has 1 amide bonds. The third-order valence-electron chi connectivity index (χ3n) is 4.60. The first-order valence-corrected chi connectivity index (χ1v) is 11.0. The topological polar surface area (TPSA) is 84.9 Å². The van der Waals surface area contributed by atoms with E-state index in [0.29, 0.717) is 13.2 Å². The average molecular weight is 419 g/mol. The first-order chi connectivity index (χ1) is 13.8. The molecule has 29 heavy (non-hydrogen) atoms. The molecule has 1 saturated carbocycles. The highest BCUT2D eigenvalue weighted by atomic mass is 32.2. The lowest BCUT2D eigenvalue weighted by Gasteiger charge is -2.19. The number of nitrogens with one attached hydrogen (secondary N) is 1. The molecule has 2 aromatic carbocycles. The number of sulfonamides is 1. The van der Waals surface area contributed by atoms with Crippen LogP contribution in [0, 0.1) is 0 Å². The van der Waals surface area contributed by atoms with E-state index in [4.69, 9.17) is 9.47 Å². The predicted octanol–water partition coefficient (Wildman–Crippen LogP) is 2.81. The molecule has 0 unspecified atom stereocenters. The number of carbonyl (C=O) groups is 1. The molecule has 0 spiro atoms. The quantitative estimate of drug-likeness (QED) is 0.677. The number of hydrogen-bond acceptors (Lipinski definition) is 5. The zero-order chi connectivity index (χ0) is 21.0. The van der Waals surface area contributed by atoms with Gasteiger partial charge in [-0.05, 0) is 55.7 Å². The second-order valence-corrected chi connectivity index (χ2v) is 8.68. The maximum Gasteiger partial charge on any atom is 0.253 e. The minimum Gasteiger partial charge on any atom is -0.495 e. The molecule has 0 saturated heterocycles. The van der Waals surface area contributed by atoms with E-state index in [-0.39, 0.29) is 28.2 Å². The van der Waals surface area contributed by atoms with Gasteiger partial charge < -0.3 is 14.4 Å². The fraction of sp³-hybridized carbons (Fsp3) is 0.381. The van der Waals surface area contributed by atoms with Gasteiger partial charge in [0.1, 0.15) is 16.4 Å². The van der Waals surface area contributed by atoms with E-state index in [0.717, 1.165) is 24.2 Å². The Labute approximate surface area is 171 Å². The number of methoxy groups -OCH3 is 1. The van der Waals surface area contributed by atoms with E-state index in [1.807, 2.05) is 31.2 Å². The summed E-state index contributed by atoms with van der Waals surface area (Å²) in [5.74, 6) is 0.715.